The first-order valence-corrected chi connectivity index (χ1v) is 8.27. The van der Waals surface area contributed by atoms with Crippen molar-refractivity contribution in [3.05, 3.63) is 58.3 Å². The molecule has 1 N–H and O–H groups in total. The van der Waals surface area contributed by atoms with E-state index in [9.17, 15) is 12.8 Å². The number of benzene rings is 2. The van der Waals surface area contributed by atoms with Gasteiger partial charge in [0.2, 0.25) is 0 Å². The zero-order valence-electron chi connectivity index (χ0n) is 10.7. The van der Waals surface area contributed by atoms with Gasteiger partial charge in [-0.05, 0) is 42.3 Å². The lowest BCUT2D eigenvalue weighted by Crippen LogP contribution is -2.14. The number of sulfonamides is 1. The Morgan fingerprint density at radius 1 is 1.15 bits per heavy atom. The summed E-state index contributed by atoms with van der Waals surface area (Å²) in [5, 5.41) is 0. The van der Waals surface area contributed by atoms with Crippen molar-refractivity contribution in [1.29, 1.82) is 0 Å². The first-order valence-electron chi connectivity index (χ1n) is 5.99. The summed E-state index contributed by atoms with van der Waals surface area (Å²) in [6.45, 7) is 2.01. The summed E-state index contributed by atoms with van der Waals surface area (Å²) in [7, 11) is -3.93. The average Bonchev–Trinajstić information content (AvgIpc) is 2.38. The van der Waals surface area contributed by atoms with Crippen molar-refractivity contribution in [3.63, 3.8) is 0 Å². The van der Waals surface area contributed by atoms with E-state index >= 15 is 0 Å². The monoisotopic (exact) mass is 357 g/mol. The lowest BCUT2D eigenvalue weighted by atomic mass is 10.2. The molecule has 0 saturated carbocycles. The van der Waals surface area contributed by atoms with Gasteiger partial charge in [0.25, 0.3) is 10.0 Å². The van der Waals surface area contributed by atoms with E-state index in [0.717, 1.165) is 18.1 Å². The van der Waals surface area contributed by atoms with Crippen LogP contribution in [0, 0.1) is 5.82 Å². The molecule has 0 bridgehead atoms. The number of halogens is 2. The molecule has 2 aromatic rings. The largest absolute Gasteiger partial charge is 0.280 e. The molecule has 3 nitrogen and oxygen atoms in total. The molecule has 0 heterocycles. The molecular weight excluding hydrogens is 345 g/mol. The van der Waals surface area contributed by atoms with Gasteiger partial charge in [0.15, 0.2) is 0 Å². The number of hydrogen-bond acceptors (Lipinski definition) is 2. The van der Waals surface area contributed by atoms with E-state index in [-0.39, 0.29) is 4.90 Å². The molecule has 0 fully saturated rings. The number of aryl methyl sites for hydroxylation is 1. The minimum Gasteiger partial charge on any atom is -0.280 e. The minimum absolute atomic E-state index is 0.375. The van der Waals surface area contributed by atoms with Crippen LogP contribution in [-0.4, -0.2) is 8.42 Å². The second-order valence-electron chi connectivity index (χ2n) is 4.23. The summed E-state index contributed by atoms with van der Waals surface area (Å²) in [6, 6.07) is 10.8. The van der Waals surface area contributed by atoms with Gasteiger partial charge >= 0.3 is 0 Å². The second-order valence-corrected chi connectivity index (χ2v) is 6.80. The fourth-order valence-electron chi connectivity index (χ4n) is 1.71. The van der Waals surface area contributed by atoms with Gasteiger partial charge in [0, 0.05) is 10.2 Å². The van der Waals surface area contributed by atoms with Crippen molar-refractivity contribution in [3.8, 4) is 0 Å². The zero-order valence-corrected chi connectivity index (χ0v) is 13.1. The molecule has 0 radical (unpaired) electrons. The quantitative estimate of drug-likeness (QED) is 0.900. The Bertz CT molecular complexity index is 714. The smallest absolute Gasteiger partial charge is 0.264 e. The molecule has 0 aliphatic heterocycles. The van der Waals surface area contributed by atoms with E-state index in [1.807, 2.05) is 19.1 Å². The Hall–Kier alpha value is -1.40. The van der Waals surface area contributed by atoms with Crippen molar-refractivity contribution in [2.75, 3.05) is 4.72 Å². The molecule has 2 rings (SSSR count). The van der Waals surface area contributed by atoms with E-state index in [2.05, 4.69) is 20.7 Å². The number of hydrogen-bond donors (Lipinski definition) is 1. The summed E-state index contributed by atoms with van der Waals surface area (Å²) in [5.41, 5.74) is 1.51. The van der Waals surface area contributed by atoms with Crippen LogP contribution in [0.5, 0.6) is 0 Å². The van der Waals surface area contributed by atoms with Crippen LogP contribution in [0.1, 0.15) is 12.5 Å². The third kappa shape index (κ3) is 3.37. The van der Waals surface area contributed by atoms with Crippen LogP contribution in [0.25, 0.3) is 0 Å². The van der Waals surface area contributed by atoms with Crippen molar-refractivity contribution >= 4 is 31.6 Å². The molecule has 2 aromatic carbocycles. The lowest BCUT2D eigenvalue weighted by Gasteiger charge is -2.09. The van der Waals surface area contributed by atoms with Crippen molar-refractivity contribution in [2.45, 2.75) is 18.2 Å². The fourth-order valence-corrected chi connectivity index (χ4v) is 3.16. The summed E-state index contributed by atoms with van der Waals surface area (Å²) in [4.78, 5) is -0.375. The maximum absolute atomic E-state index is 13.7. The molecule has 106 valence electrons. The highest BCUT2D eigenvalue weighted by Gasteiger charge is 2.19. The third-order valence-corrected chi connectivity index (χ3v) is 4.71. The van der Waals surface area contributed by atoms with Crippen molar-refractivity contribution in [1.82, 2.24) is 0 Å². The molecule has 0 spiro atoms. The van der Waals surface area contributed by atoms with Crippen LogP contribution in [0.4, 0.5) is 10.1 Å². The van der Waals surface area contributed by atoms with Crippen LogP contribution in [0.2, 0.25) is 0 Å². The van der Waals surface area contributed by atoms with Gasteiger partial charge < -0.3 is 0 Å². The number of nitrogens with one attached hydrogen (secondary N) is 1. The highest BCUT2D eigenvalue weighted by atomic mass is 79.9. The molecule has 0 saturated heterocycles. The SMILES string of the molecule is CCc1ccc(NS(=O)(=O)c2ccc(Br)cc2F)cc1. The van der Waals surface area contributed by atoms with Crippen LogP contribution in [0.3, 0.4) is 0 Å². The summed E-state index contributed by atoms with van der Waals surface area (Å²) >= 11 is 3.09. The van der Waals surface area contributed by atoms with Gasteiger partial charge in [-0.15, -0.1) is 0 Å². The highest BCUT2D eigenvalue weighted by molar-refractivity contribution is 9.10. The zero-order chi connectivity index (χ0) is 14.8. The van der Waals surface area contributed by atoms with E-state index in [1.165, 1.54) is 12.1 Å². The van der Waals surface area contributed by atoms with Crippen LogP contribution >= 0.6 is 15.9 Å². The molecule has 0 aliphatic rings. The van der Waals surface area contributed by atoms with E-state index in [0.29, 0.717) is 10.2 Å². The first kappa shape index (κ1) is 15.0. The van der Waals surface area contributed by atoms with Gasteiger partial charge in [-0.1, -0.05) is 35.0 Å². The summed E-state index contributed by atoms with van der Waals surface area (Å²) in [5.74, 6) is -0.794. The predicted molar refractivity (Wildman–Crippen MR) is 80.7 cm³/mol. The summed E-state index contributed by atoms with van der Waals surface area (Å²) < 4.78 is 40.8. The Labute approximate surface area is 126 Å². The topological polar surface area (TPSA) is 46.2 Å². The average molecular weight is 358 g/mol. The Balaban J connectivity index is 2.30. The first-order chi connectivity index (χ1) is 9.42. The molecule has 0 aromatic heterocycles. The van der Waals surface area contributed by atoms with Gasteiger partial charge in [0.1, 0.15) is 10.7 Å². The normalized spacial score (nSPS) is 11.3. The van der Waals surface area contributed by atoms with Crippen LogP contribution < -0.4 is 4.72 Å². The summed E-state index contributed by atoms with van der Waals surface area (Å²) in [6.07, 6.45) is 0.869. The second kappa shape index (κ2) is 5.93. The van der Waals surface area contributed by atoms with Crippen LogP contribution in [0.15, 0.2) is 51.8 Å². The minimum atomic E-state index is -3.93. The maximum Gasteiger partial charge on any atom is 0.264 e. The number of rotatable bonds is 4. The Morgan fingerprint density at radius 2 is 1.80 bits per heavy atom. The van der Waals surface area contributed by atoms with Crippen LogP contribution in [-0.2, 0) is 16.4 Å². The third-order valence-electron chi connectivity index (χ3n) is 2.80. The van der Waals surface area contributed by atoms with Gasteiger partial charge in [-0.3, -0.25) is 4.72 Å². The van der Waals surface area contributed by atoms with Gasteiger partial charge in [-0.2, -0.15) is 0 Å². The molecule has 20 heavy (non-hydrogen) atoms. The van der Waals surface area contributed by atoms with E-state index < -0.39 is 15.8 Å². The number of anilines is 1. The molecule has 0 atom stereocenters. The van der Waals surface area contributed by atoms with Gasteiger partial charge in [-0.25, -0.2) is 12.8 Å². The maximum atomic E-state index is 13.7. The molecule has 0 aliphatic carbocycles. The molecular formula is C14H13BrFNO2S. The Kier molecular flexibility index (Phi) is 4.45. The molecule has 0 amide bonds. The van der Waals surface area contributed by atoms with E-state index in [1.54, 1.807) is 12.1 Å². The van der Waals surface area contributed by atoms with Crippen molar-refractivity contribution < 1.29 is 12.8 Å². The molecule has 6 heteroatoms. The molecule has 0 unspecified atom stereocenters. The Morgan fingerprint density at radius 3 is 2.35 bits per heavy atom. The predicted octanol–water partition coefficient (Wildman–Crippen LogP) is 3.95. The van der Waals surface area contributed by atoms with Crippen molar-refractivity contribution in [2.24, 2.45) is 0 Å². The lowest BCUT2D eigenvalue weighted by molar-refractivity contribution is 0.570. The fraction of sp³-hybridized carbons (Fsp3) is 0.143. The standard InChI is InChI=1S/C14H13BrFNO2S/c1-2-10-3-6-12(7-4-10)17-20(18,19)14-8-5-11(15)9-13(14)16/h3-9,17H,2H2,1H3. The van der Waals surface area contributed by atoms with E-state index in [4.69, 9.17) is 0 Å². The van der Waals surface area contributed by atoms with Gasteiger partial charge in [0.05, 0.1) is 0 Å². The highest BCUT2D eigenvalue weighted by Crippen LogP contribution is 2.22.